The van der Waals surface area contributed by atoms with Crippen molar-refractivity contribution in [2.24, 2.45) is 0 Å². The van der Waals surface area contributed by atoms with Crippen LogP contribution in [0.15, 0.2) is 42.5 Å². The summed E-state index contributed by atoms with van der Waals surface area (Å²) in [6.07, 6.45) is 2.39. The molecule has 0 saturated carbocycles. The SMILES string of the molecule is O=C(Nc1cc(N2CCCC2)ccc1N1CCOCC1)c1ccc(F)cc1. The number of amides is 1. The van der Waals surface area contributed by atoms with Crippen LogP contribution in [0, 0.1) is 5.82 Å². The van der Waals surface area contributed by atoms with Crippen molar-refractivity contribution in [3.63, 3.8) is 0 Å². The number of hydrogen-bond donors (Lipinski definition) is 1. The summed E-state index contributed by atoms with van der Waals surface area (Å²) in [5.74, 6) is -0.584. The van der Waals surface area contributed by atoms with Crippen molar-refractivity contribution >= 4 is 23.0 Å². The minimum atomic E-state index is -0.350. The topological polar surface area (TPSA) is 44.8 Å². The minimum Gasteiger partial charge on any atom is -0.378 e. The van der Waals surface area contributed by atoms with Crippen LogP contribution in [-0.2, 0) is 4.74 Å². The molecule has 0 spiro atoms. The van der Waals surface area contributed by atoms with Crippen LogP contribution in [0.1, 0.15) is 23.2 Å². The van der Waals surface area contributed by atoms with Gasteiger partial charge in [-0.25, -0.2) is 4.39 Å². The van der Waals surface area contributed by atoms with Crippen LogP contribution >= 0.6 is 0 Å². The summed E-state index contributed by atoms with van der Waals surface area (Å²) in [7, 11) is 0. The monoisotopic (exact) mass is 369 g/mol. The highest BCUT2D eigenvalue weighted by Crippen LogP contribution is 2.33. The molecule has 2 saturated heterocycles. The molecular formula is C21H24FN3O2. The fraction of sp³-hybridized carbons (Fsp3) is 0.381. The molecule has 1 amide bonds. The molecule has 0 aliphatic carbocycles. The summed E-state index contributed by atoms with van der Waals surface area (Å²) < 4.78 is 18.6. The third-order valence-electron chi connectivity index (χ3n) is 5.16. The quantitative estimate of drug-likeness (QED) is 0.896. The van der Waals surface area contributed by atoms with Crippen molar-refractivity contribution in [3.8, 4) is 0 Å². The lowest BCUT2D eigenvalue weighted by Crippen LogP contribution is -2.36. The van der Waals surface area contributed by atoms with Gasteiger partial charge >= 0.3 is 0 Å². The second-order valence-corrected chi connectivity index (χ2v) is 6.96. The molecule has 0 unspecified atom stereocenters. The number of rotatable bonds is 4. The van der Waals surface area contributed by atoms with Crippen molar-refractivity contribution in [2.45, 2.75) is 12.8 Å². The predicted octanol–water partition coefficient (Wildman–Crippen LogP) is 3.51. The second-order valence-electron chi connectivity index (χ2n) is 6.96. The number of ether oxygens (including phenoxy) is 1. The summed E-state index contributed by atoms with van der Waals surface area (Å²) in [5.41, 5.74) is 3.35. The zero-order valence-corrected chi connectivity index (χ0v) is 15.3. The fourth-order valence-corrected chi connectivity index (χ4v) is 3.67. The zero-order chi connectivity index (χ0) is 18.6. The molecule has 2 aromatic carbocycles. The molecule has 6 heteroatoms. The van der Waals surface area contributed by atoms with Gasteiger partial charge in [0.05, 0.1) is 24.6 Å². The first-order valence-corrected chi connectivity index (χ1v) is 9.49. The van der Waals surface area contributed by atoms with Gasteiger partial charge in [-0.15, -0.1) is 0 Å². The fourth-order valence-electron chi connectivity index (χ4n) is 3.67. The number of anilines is 3. The maximum atomic E-state index is 13.2. The Balaban J connectivity index is 1.62. The molecule has 0 bridgehead atoms. The number of benzene rings is 2. The Morgan fingerprint density at radius 1 is 0.926 bits per heavy atom. The van der Waals surface area contributed by atoms with E-state index >= 15 is 0 Å². The van der Waals surface area contributed by atoms with Gasteiger partial charge in [0, 0.05) is 37.4 Å². The van der Waals surface area contributed by atoms with E-state index in [-0.39, 0.29) is 11.7 Å². The lowest BCUT2D eigenvalue weighted by molar-refractivity contribution is 0.102. The molecule has 27 heavy (non-hydrogen) atoms. The second kappa shape index (κ2) is 7.96. The molecule has 0 radical (unpaired) electrons. The number of carbonyl (C=O) groups excluding carboxylic acids is 1. The van der Waals surface area contributed by atoms with Gasteiger partial charge in [-0.1, -0.05) is 0 Å². The maximum Gasteiger partial charge on any atom is 0.255 e. The summed E-state index contributed by atoms with van der Waals surface area (Å²) in [6.45, 7) is 5.04. The van der Waals surface area contributed by atoms with Crippen LogP contribution < -0.4 is 15.1 Å². The number of carbonyl (C=O) groups is 1. The smallest absolute Gasteiger partial charge is 0.255 e. The molecule has 2 fully saturated rings. The third kappa shape index (κ3) is 4.06. The van der Waals surface area contributed by atoms with Gasteiger partial charge in [-0.05, 0) is 55.3 Å². The lowest BCUT2D eigenvalue weighted by atomic mass is 10.1. The van der Waals surface area contributed by atoms with E-state index in [0.29, 0.717) is 18.8 Å². The first kappa shape index (κ1) is 17.8. The highest BCUT2D eigenvalue weighted by Gasteiger charge is 2.20. The Kier molecular flexibility index (Phi) is 5.25. The van der Waals surface area contributed by atoms with E-state index in [4.69, 9.17) is 4.74 Å². The number of morpholine rings is 1. The molecule has 2 heterocycles. The van der Waals surface area contributed by atoms with E-state index < -0.39 is 0 Å². The molecule has 5 nitrogen and oxygen atoms in total. The van der Waals surface area contributed by atoms with E-state index in [1.54, 1.807) is 0 Å². The average molecular weight is 369 g/mol. The minimum absolute atomic E-state index is 0.233. The Labute approximate surface area is 158 Å². The van der Waals surface area contributed by atoms with Gasteiger partial charge in [-0.2, -0.15) is 0 Å². The third-order valence-corrected chi connectivity index (χ3v) is 5.16. The van der Waals surface area contributed by atoms with Crippen LogP contribution in [0.2, 0.25) is 0 Å². The van der Waals surface area contributed by atoms with E-state index in [9.17, 15) is 9.18 Å². The Morgan fingerprint density at radius 2 is 1.63 bits per heavy atom. The average Bonchev–Trinajstić information content (AvgIpc) is 3.24. The predicted molar refractivity (Wildman–Crippen MR) is 105 cm³/mol. The molecule has 0 aromatic heterocycles. The van der Waals surface area contributed by atoms with Gasteiger partial charge in [0.25, 0.3) is 5.91 Å². The summed E-state index contributed by atoms with van der Waals surface area (Å²) in [6, 6.07) is 11.9. The zero-order valence-electron chi connectivity index (χ0n) is 15.3. The summed E-state index contributed by atoms with van der Waals surface area (Å²) in [5, 5.41) is 3.04. The van der Waals surface area contributed by atoms with Crippen molar-refractivity contribution < 1.29 is 13.9 Å². The molecule has 1 N–H and O–H groups in total. The van der Waals surface area contributed by atoms with Gasteiger partial charge < -0.3 is 19.9 Å². The van der Waals surface area contributed by atoms with Crippen molar-refractivity contribution in [2.75, 3.05) is 54.5 Å². The molecule has 0 atom stereocenters. The first-order valence-electron chi connectivity index (χ1n) is 9.49. The lowest BCUT2D eigenvalue weighted by Gasteiger charge is -2.31. The number of halogens is 1. The largest absolute Gasteiger partial charge is 0.378 e. The van der Waals surface area contributed by atoms with Crippen LogP contribution in [-0.4, -0.2) is 45.3 Å². The molecule has 2 aliphatic heterocycles. The normalized spacial score (nSPS) is 17.2. The molecule has 2 aliphatic rings. The van der Waals surface area contributed by atoms with Crippen molar-refractivity contribution in [1.29, 1.82) is 0 Å². The summed E-state index contributed by atoms with van der Waals surface area (Å²) in [4.78, 5) is 17.3. The molecule has 2 aromatic rings. The van der Waals surface area contributed by atoms with E-state index in [1.807, 2.05) is 0 Å². The molecule has 4 rings (SSSR count). The van der Waals surface area contributed by atoms with Crippen LogP contribution in [0.3, 0.4) is 0 Å². The van der Waals surface area contributed by atoms with E-state index in [1.165, 1.54) is 37.1 Å². The van der Waals surface area contributed by atoms with Crippen molar-refractivity contribution in [3.05, 3.63) is 53.8 Å². The standard InChI is InChI=1S/C21H24FN3O2/c22-17-5-3-16(4-6-17)21(26)23-19-15-18(24-9-1-2-10-24)7-8-20(19)25-11-13-27-14-12-25/h3-8,15H,1-2,9-14H2,(H,23,26). The number of nitrogens with one attached hydrogen (secondary N) is 1. The van der Waals surface area contributed by atoms with Gasteiger partial charge in [-0.3, -0.25) is 4.79 Å². The van der Waals surface area contributed by atoms with Crippen LogP contribution in [0.25, 0.3) is 0 Å². The van der Waals surface area contributed by atoms with Gasteiger partial charge in [0.2, 0.25) is 0 Å². The van der Waals surface area contributed by atoms with E-state index in [0.717, 1.165) is 43.2 Å². The first-order chi connectivity index (χ1) is 13.2. The number of nitrogens with zero attached hydrogens (tertiary/aromatic N) is 2. The molecular weight excluding hydrogens is 345 g/mol. The van der Waals surface area contributed by atoms with Gasteiger partial charge in [0.1, 0.15) is 5.82 Å². The molecule has 142 valence electrons. The maximum absolute atomic E-state index is 13.2. The Bertz CT molecular complexity index is 798. The van der Waals surface area contributed by atoms with Crippen LogP contribution in [0.5, 0.6) is 0 Å². The Hall–Kier alpha value is -2.60. The number of hydrogen-bond acceptors (Lipinski definition) is 4. The van der Waals surface area contributed by atoms with E-state index in [2.05, 4.69) is 33.3 Å². The van der Waals surface area contributed by atoms with Gasteiger partial charge in [0.15, 0.2) is 0 Å². The van der Waals surface area contributed by atoms with Crippen molar-refractivity contribution in [1.82, 2.24) is 0 Å². The van der Waals surface area contributed by atoms with Crippen LogP contribution in [0.4, 0.5) is 21.5 Å². The highest BCUT2D eigenvalue weighted by molar-refractivity contribution is 6.06. The summed E-state index contributed by atoms with van der Waals surface area (Å²) >= 11 is 0. The highest BCUT2D eigenvalue weighted by atomic mass is 19.1. The Morgan fingerprint density at radius 3 is 2.33 bits per heavy atom.